The first kappa shape index (κ1) is 9.92. The van der Waals surface area contributed by atoms with Gasteiger partial charge in [-0.25, -0.2) is 4.98 Å². The summed E-state index contributed by atoms with van der Waals surface area (Å²) in [5.41, 5.74) is 0.700. The summed E-state index contributed by atoms with van der Waals surface area (Å²) in [4.78, 5) is 18.7. The molecule has 0 aliphatic carbocycles. The molecular weight excluding hydrogens is 190 g/mol. The molecule has 0 spiro atoms. The van der Waals surface area contributed by atoms with E-state index in [-0.39, 0.29) is 5.91 Å². The van der Waals surface area contributed by atoms with Crippen LogP contribution >= 0.6 is 11.6 Å². The van der Waals surface area contributed by atoms with Gasteiger partial charge >= 0.3 is 0 Å². The second kappa shape index (κ2) is 4.77. The van der Waals surface area contributed by atoms with Crippen molar-refractivity contribution >= 4 is 17.5 Å². The third kappa shape index (κ3) is 3.38. The van der Waals surface area contributed by atoms with E-state index in [9.17, 15) is 4.79 Å². The number of nitrogens with one attached hydrogen (secondary N) is 1. The molecule has 0 aromatic carbocycles. The van der Waals surface area contributed by atoms with Gasteiger partial charge in [0.15, 0.2) is 0 Å². The van der Waals surface area contributed by atoms with Gasteiger partial charge in [0.05, 0.1) is 24.6 Å². The monoisotopic (exact) mass is 199 g/mol. The zero-order chi connectivity index (χ0) is 9.68. The zero-order valence-electron chi connectivity index (χ0n) is 7.25. The molecule has 1 heterocycles. The minimum Gasteiger partial charge on any atom is -0.350 e. The number of nitrogens with zero attached hydrogens (tertiary/aromatic N) is 2. The Hall–Kier alpha value is -1.16. The molecule has 0 bridgehead atoms. The summed E-state index contributed by atoms with van der Waals surface area (Å²) in [6.07, 6.45) is 3.47. The van der Waals surface area contributed by atoms with Crippen molar-refractivity contribution < 1.29 is 4.79 Å². The van der Waals surface area contributed by atoms with Crippen molar-refractivity contribution in [1.29, 1.82) is 0 Å². The van der Waals surface area contributed by atoms with Gasteiger partial charge in [0.2, 0.25) is 5.91 Å². The molecule has 0 unspecified atom stereocenters. The predicted octanol–water partition coefficient (Wildman–Crippen LogP) is 1.16. The number of aromatic nitrogens is 2. The topological polar surface area (TPSA) is 54.9 Å². The number of hydrogen-bond donors (Lipinski definition) is 1. The van der Waals surface area contributed by atoms with Crippen LogP contribution in [0.5, 0.6) is 0 Å². The first-order valence-electron chi connectivity index (χ1n) is 3.95. The van der Waals surface area contributed by atoms with Crippen molar-refractivity contribution in [2.75, 3.05) is 0 Å². The lowest BCUT2D eigenvalue weighted by molar-refractivity contribution is -0.120. The fourth-order valence-electron chi connectivity index (χ4n) is 0.744. The molecule has 4 nitrogen and oxygen atoms in total. The average Bonchev–Trinajstić information content (AvgIpc) is 2.16. The lowest BCUT2D eigenvalue weighted by Crippen LogP contribution is -2.22. The van der Waals surface area contributed by atoms with Crippen LogP contribution in [0.4, 0.5) is 0 Å². The molecule has 0 saturated heterocycles. The van der Waals surface area contributed by atoms with E-state index in [1.807, 2.05) is 0 Å². The quantitative estimate of drug-likeness (QED) is 0.795. The van der Waals surface area contributed by atoms with Crippen molar-refractivity contribution in [3.05, 3.63) is 23.2 Å². The maximum atomic E-state index is 10.9. The van der Waals surface area contributed by atoms with E-state index in [1.165, 1.54) is 12.4 Å². The number of hydrogen-bond acceptors (Lipinski definition) is 3. The molecule has 0 atom stereocenters. The predicted molar refractivity (Wildman–Crippen MR) is 49.2 cm³/mol. The van der Waals surface area contributed by atoms with E-state index >= 15 is 0 Å². The van der Waals surface area contributed by atoms with E-state index in [2.05, 4.69) is 15.3 Å². The molecule has 0 aliphatic heterocycles. The molecule has 5 heteroatoms. The third-order valence-electron chi connectivity index (χ3n) is 1.46. The van der Waals surface area contributed by atoms with Crippen molar-refractivity contribution in [1.82, 2.24) is 15.3 Å². The maximum absolute atomic E-state index is 10.9. The highest BCUT2D eigenvalue weighted by Crippen LogP contribution is 2.00. The number of halogens is 1. The van der Waals surface area contributed by atoms with Crippen LogP contribution in [0.15, 0.2) is 12.4 Å². The van der Waals surface area contributed by atoms with Crippen LogP contribution in [0, 0.1) is 0 Å². The summed E-state index contributed by atoms with van der Waals surface area (Å²) in [7, 11) is 0. The number of rotatable bonds is 3. The first-order chi connectivity index (χ1) is 6.22. The van der Waals surface area contributed by atoms with Gasteiger partial charge in [-0.05, 0) is 0 Å². The van der Waals surface area contributed by atoms with E-state index in [4.69, 9.17) is 11.6 Å². The van der Waals surface area contributed by atoms with Gasteiger partial charge in [-0.2, -0.15) is 0 Å². The van der Waals surface area contributed by atoms with Crippen LogP contribution < -0.4 is 5.32 Å². The second-order valence-corrected chi connectivity index (χ2v) is 2.85. The second-order valence-electron chi connectivity index (χ2n) is 2.46. The molecule has 70 valence electrons. The van der Waals surface area contributed by atoms with Crippen LogP contribution in [-0.4, -0.2) is 15.9 Å². The van der Waals surface area contributed by atoms with Crippen molar-refractivity contribution in [2.45, 2.75) is 19.9 Å². The molecule has 0 aliphatic rings. The molecule has 1 aromatic heterocycles. The van der Waals surface area contributed by atoms with Gasteiger partial charge in [0, 0.05) is 6.42 Å². The standard InChI is InChI=1S/C8H10ClN3O/c1-2-8(13)12-4-6-3-11-7(9)5-10-6/h3,5H,2,4H2,1H3,(H,12,13). The molecule has 0 fully saturated rings. The summed E-state index contributed by atoms with van der Waals surface area (Å²) in [6.45, 7) is 2.19. The zero-order valence-corrected chi connectivity index (χ0v) is 8.01. The van der Waals surface area contributed by atoms with Crippen LogP contribution in [0.2, 0.25) is 5.15 Å². The SMILES string of the molecule is CCC(=O)NCc1cnc(Cl)cn1. The van der Waals surface area contributed by atoms with Gasteiger partial charge in [0.1, 0.15) is 5.15 Å². The summed E-state index contributed by atoms with van der Waals surface area (Å²) in [6, 6.07) is 0. The van der Waals surface area contributed by atoms with Gasteiger partial charge in [-0.3, -0.25) is 9.78 Å². The Kier molecular flexibility index (Phi) is 3.64. The first-order valence-corrected chi connectivity index (χ1v) is 4.33. The molecule has 0 radical (unpaired) electrons. The van der Waals surface area contributed by atoms with Crippen molar-refractivity contribution in [3.63, 3.8) is 0 Å². The van der Waals surface area contributed by atoms with Gasteiger partial charge in [0.25, 0.3) is 0 Å². The van der Waals surface area contributed by atoms with Gasteiger partial charge in [-0.1, -0.05) is 18.5 Å². The van der Waals surface area contributed by atoms with E-state index < -0.39 is 0 Å². The molecule has 1 N–H and O–H groups in total. The minimum atomic E-state index is -0.00301. The van der Waals surface area contributed by atoms with Crippen LogP contribution in [0.1, 0.15) is 19.0 Å². The highest BCUT2D eigenvalue weighted by molar-refractivity contribution is 6.29. The van der Waals surface area contributed by atoms with Crippen LogP contribution in [-0.2, 0) is 11.3 Å². The number of carbonyl (C=O) groups excluding carboxylic acids is 1. The average molecular weight is 200 g/mol. The van der Waals surface area contributed by atoms with E-state index in [0.717, 1.165) is 0 Å². The van der Waals surface area contributed by atoms with Crippen LogP contribution in [0.3, 0.4) is 0 Å². The smallest absolute Gasteiger partial charge is 0.220 e. The summed E-state index contributed by atoms with van der Waals surface area (Å²) < 4.78 is 0. The Morgan fingerprint density at radius 3 is 2.85 bits per heavy atom. The third-order valence-corrected chi connectivity index (χ3v) is 1.66. The Morgan fingerprint density at radius 1 is 1.54 bits per heavy atom. The van der Waals surface area contributed by atoms with Crippen molar-refractivity contribution in [2.24, 2.45) is 0 Å². The minimum absolute atomic E-state index is 0.00301. The number of amides is 1. The molecule has 1 rings (SSSR count). The fraction of sp³-hybridized carbons (Fsp3) is 0.375. The molecule has 13 heavy (non-hydrogen) atoms. The summed E-state index contributed by atoms with van der Waals surface area (Å²) >= 11 is 5.54. The molecular formula is C8H10ClN3O. The molecule has 1 aromatic rings. The molecule has 1 amide bonds. The Labute approximate surface area is 81.3 Å². The Bertz CT molecular complexity index is 286. The van der Waals surface area contributed by atoms with Crippen molar-refractivity contribution in [3.8, 4) is 0 Å². The Balaban J connectivity index is 2.46. The van der Waals surface area contributed by atoms with E-state index in [1.54, 1.807) is 6.92 Å². The van der Waals surface area contributed by atoms with Gasteiger partial charge in [-0.15, -0.1) is 0 Å². The highest BCUT2D eigenvalue weighted by atomic mass is 35.5. The van der Waals surface area contributed by atoms with Gasteiger partial charge < -0.3 is 5.32 Å². The molecule has 0 saturated carbocycles. The fourth-order valence-corrected chi connectivity index (χ4v) is 0.842. The highest BCUT2D eigenvalue weighted by Gasteiger charge is 1.98. The normalized spacial score (nSPS) is 9.69. The largest absolute Gasteiger partial charge is 0.350 e. The van der Waals surface area contributed by atoms with Crippen LogP contribution in [0.25, 0.3) is 0 Å². The number of carbonyl (C=O) groups is 1. The summed E-state index contributed by atoms with van der Waals surface area (Å²) in [5, 5.41) is 3.04. The lowest BCUT2D eigenvalue weighted by atomic mass is 10.4. The maximum Gasteiger partial charge on any atom is 0.220 e. The summed E-state index contributed by atoms with van der Waals surface area (Å²) in [5.74, 6) is -0.00301. The lowest BCUT2D eigenvalue weighted by Gasteiger charge is -2.01. The Morgan fingerprint density at radius 2 is 2.31 bits per heavy atom. The van der Waals surface area contributed by atoms with E-state index in [0.29, 0.717) is 23.8 Å².